The first-order valence-corrected chi connectivity index (χ1v) is 7.60. The number of aryl methyl sites for hydroxylation is 1. The fourth-order valence-electron chi connectivity index (χ4n) is 2.82. The number of rotatable bonds is 4. The molecule has 6 nitrogen and oxygen atoms in total. The first-order valence-electron chi connectivity index (χ1n) is 7.60. The summed E-state index contributed by atoms with van der Waals surface area (Å²) in [7, 11) is 0. The Kier molecular flexibility index (Phi) is 7.32. The van der Waals surface area contributed by atoms with Crippen LogP contribution < -0.4 is 16.4 Å². The number of carbonyl (C=O) groups excluding carboxylic acids is 2. The van der Waals surface area contributed by atoms with Crippen molar-refractivity contribution in [2.24, 2.45) is 11.7 Å². The van der Waals surface area contributed by atoms with E-state index in [2.05, 4.69) is 10.6 Å². The Hall–Kier alpha value is -1.79. The molecule has 1 fully saturated rings. The number of urea groups is 1. The van der Waals surface area contributed by atoms with Gasteiger partial charge >= 0.3 is 6.03 Å². The SMILES string of the molecule is Cc1cccc(NC(=O)NCC(=O)N2CC(CN)CC2C)c1.Cl. The summed E-state index contributed by atoms with van der Waals surface area (Å²) in [5, 5.41) is 5.33. The van der Waals surface area contributed by atoms with Crippen LogP contribution >= 0.6 is 12.4 Å². The molecule has 3 amide bonds. The molecule has 128 valence electrons. The van der Waals surface area contributed by atoms with Crippen molar-refractivity contribution in [2.45, 2.75) is 26.3 Å². The van der Waals surface area contributed by atoms with Gasteiger partial charge < -0.3 is 21.3 Å². The summed E-state index contributed by atoms with van der Waals surface area (Å²) < 4.78 is 0. The standard InChI is InChI=1S/C16H24N4O2.ClH/c1-11-4-3-5-14(6-11)19-16(22)18-9-15(21)20-10-13(8-17)7-12(20)2;/h3-6,12-13H,7-10,17H2,1-2H3,(H2,18,19,22);1H. The zero-order chi connectivity index (χ0) is 16.1. The van der Waals surface area contributed by atoms with Crippen molar-refractivity contribution in [3.63, 3.8) is 0 Å². The maximum atomic E-state index is 12.2. The first-order chi connectivity index (χ1) is 10.5. The van der Waals surface area contributed by atoms with Crippen LogP contribution in [0.2, 0.25) is 0 Å². The number of anilines is 1. The molecule has 0 aliphatic carbocycles. The van der Waals surface area contributed by atoms with Crippen LogP contribution in [0.1, 0.15) is 18.9 Å². The Morgan fingerprint density at radius 1 is 1.39 bits per heavy atom. The molecule has 1 saturated heterocycles. The van der Waals surface area contributed by atoms with Crippen LogP contribution in [-0.2, 0) is 4.79 Å². The van der Waals surface area contributed by atoms with E-state index in [4.69, 9.17) is 5.73 Å². The Morgan fingerprint density at radius 2 is 2.13 bits per heavy atom. The molecule has 0 saturated carbocycles. The zero-order valence-electron chi connectivity index (χ0n) is 13.5. The molecular weight excluding hydrogens is 316 g/mol. The summed E-state index contributed by atoms with van der Waals surface area (Å²) in [6, 6.07) is 7.31. The van der Waals surface area contributed by atoms with E-state index in [1.165, 1.54) is 0 Å². The lowest BCUT2D eigenvalue weighted by Gasteiger charge is -2.21. The van der Waals surface area contributed by atoms with Crippen LogP contribution in [-0.4, -0.2) is 42.5 Å². The number of nitrogens with two attached hydrogens (primary N) is 1. The molecule has 1 aliphatic heterocycles. The molecule has 7 heteroatoms. The molecule has 0 bridgehead atoms. The summed E-state index contributed by atoms with van der Waals surface area (Å²) >= 11 is 0. The largest absolute Gasteiger partial charge is 0.338 e. The minimum Gasteiger partial charge on any atom is -0.338 e. The normalized spacial score (nSPS) is 19.9. The van der Waals surface area contributed by atoms with Gasteiger partial charge in [0.2, 0.25) is 5.91 Å². The van der Waals surface area contributed by atoms with Crippen LogP contribution in [0.4, 0.5) is 10.5 Å². The Bertz CT molecular complexity index is 553. The van der Waals surface area contributed by atoms with Crippen molar-refractivity contribution in [2.75, 3.05) is 25.0 Å². The van der Waals surface area contributed by atoms with E-state index in [0.29, 0.717) is 24.7 Å². The fraction of sp³-hybridized carbons (Fsp3) is 0.500. The second-order valence-corrected chi connectivity index (χ2v) is 5.91. The van der Waals surface area contributed by atoms with E-state index in [1.54, 1.807) is 4.90 Å². The lowest BCUT2D eigenvalue weighted by atomic mass is 10.1. The molecule has 1 aliphatic rings. The summed E-state index contributed by atoms with van der Waals surface area (Å²) in [6.07, 6.45) is 0.928. The monoisotopic (exact) mass is 340 g/mol. The topological polar surface area (TPSA) is 87.5 Å². The van der Waals surface area contributed by atoms with Crippen molar-refractivity contribution in [3.8, 4) is 0 Å². The van der Waals surface area contributed by atoms with Crippen LogP contribution in [0.5, 0.6) is 0 Å². The highest BCUT2D eigenvalue weighted by molar-refractivity contribution is 5.92. The second-order valence-electron chi connectivity index (χ2n) is 5.91. The van der Waals surface area contributed by atoms with E-state index in [0.717, 1.165) is 12.0 Å². The quantitative estimate of drug-likeness (QED) is 0.780. The molecule has 2 rings (SSSR count). The Balaban J connectivity index is 0.00000264. The number of likely N-dealkylation sites (tertiary alicyclic amines) is 1. The van der Waals surface area contributed by atoms with Gasteiger partial charge in [0.1, 0.15) is 0 Å². The number of carbonyl (C=O) groups is 2. The smallest absolute Gasteiger partial charge is 0.319 e. The Labute approximate surface area is 143 Å². The molecule has 2 atom stereocenters. The average Bonchev–Trinajstić information content (AvgIpc) is 2.86. The number of amides is 3. The van der Waals surface area contributed by atoms with E-state index in [9.17, 15) is 9.59 Å². The number of benzene rings is 1. The predicted octanol–water partition coefficient (Wildman–Crippen LogP) is 1.73. The van der Waals surface area contributed by atoms with Crippen LogP contribution in [0.25, 0.3) is 0 Å². The van der Waals surface area contributed by atoms with Crippen molar-refractivity contribution in [3.05, 3.63) is 29.8 Å². The van der Waals surface area contributed by atoms with Gasteiger partial charge in [-0.3, -0.25) is 4.79 Å². The maximum absolute atomic E-state index is 12.2. The maximum Gasteiger partial charge on any atom is 0.319 e. The summed E-state index contributed by atoms with van der Waals surface area (Å²) in [6.45, 7) is 5.24. The molecule has 1 aromatic rings. The molecule has 1 heterocycles. The van der Waals surface area contributed by atoms with Crippen molar-refractivity contribution in [1.29, 1.82) is 0 Å². The molecule has 23 heavy (non-hydrogen) atoms. The van der Waals surface area contributed by atoms with Gasteiger partial charge in [-0.2, -0.15) is 0 Å². The second kappa shape index (κ2) is 8.74. The van der Waals surface area contributed by atoms with Gasteiger partial charge in [-0.05, 0) is 50.4 Å². The predicted molar refractivity (Wildman–Crippen MR) is 93.8 cm³/mol. The van der Waals surface area contributed by atoms with E-state index < -0.39 is 0 Å². The third kappa shape index (κ3) is 5.41. The molecule has 0 aromatic heterocycles. The van der Waals surface area contributed by atoms with E-state index >= 15 is 0 Å². The highest BCUT2D eigenvalue weighted by atomic mass is 35.5. The van der Waals surface area contributed by atoms with Gasteiger partial charge in [0, 0.05) is 18.3 Å². The third-order valence-electron chi connectivity index (χ3n) is 3.99. The number of nitrogens with one attached hydrogen (secondary N) is 2. The lowest BCUT2D eigenvalue weighted by molar-refractivity contribution is -0.130. The van der Waals surface area contributed by atoms with Gasteiger partial charge in [-0.15, -0.1) is 12.4 Å². The highest BCUT2D eigenvalue weighted by Crippen LogP contribution is 2.21. The third-order valence-corrected chi connectivity index (χ3v) is 3.99. The lowest BCUT2D eigenvalue weighted by Crippen LogP contribution is -2.43. The van der Waals surface area contributed by atoms with Gasteiger partial charge in [0.25, 0.3) is 0 Å². The minimum absolute atomic E-state index is 0. The zero-order valence-corrected chi connectivity index (χ0v) is 14.4. The molecule has 0 radical (unpaired) electrons. The van der Waals surface area contributed by atoms with Crippen LogP contribution in [0.15, 0.2) is 24.3 Å². The van der Waals surface area contributed by atoms with E-state index in [1.807, 2.05) is 38.1 Å². The number of hydrogen-bond donors (Lipinski definition) is 3. The van der Waals surface area contributed by atoms with Crippen molar-refractivity contribution < 1.29 is 9.59 Å². The molecule has 0 spiro atoms. The summed E-state index contributed by atoms with van der Waals surface area (Å²) in [5.41, 5.74) is 7.43. The van der Waals surface area contributed by atoms with Crippen LogP contribution in [0, 0.1) is 12.8 Å². The highest BCUT2D eigenvalue weighted by Gasteiger charge is 2.31. The van der Waals surface area contributed by atoms with Gasteiger partial charge in [0.15, 0.2) is 0 Å². The number of nitrogens with zero attached hydrogens (tertiary/aromatic N) is 1. The van der Waals surface area contributed by atoms with E-state index in [-0.39, 0.29) is 36.9 Å². The molecule has 2 unspecified atom stereocenters. The minimum atomic E-state index is -0.374. The van der Waals surface area contributed by atoms with Crippen LogP contribution in [0.3, 0.4) is 0 Å². The van der Waals surface area contributed by atoms with Gasteiger partial charge in [0.05, 0.1) is 6.54 Å². The summed E-state index contributed by atoms with van der Waals surface area (Å²) in [4.78, 5) is 25.8. The molecule has 4 N–H and O–H groups in total. The van der Waals surface area contributed by atoms with Gasteiger partial charge in [-0.1, -0.05) is 12.1 Å². The summed E-state index contributed by atoms with van der Waals surface area (Å²) in [5.74, 6) is 0.294. The molecular formula is C16H25ClN4O2. The Morgan fingerprint density at radius 3 is 2.74 bits per heavy atom. The first kappa shape index (κ1) is 19.3. The fourth-order valence-corrected chi connectivity index (χ4v) is 2.82. The van der Waals surface area contributed by atoms with Crippen molar-refractivity contribution in [1.82, 2.24) is 10.2 Å². The molecule has 1 aromatic carbocycles. The van der Waals surface area contributed by atoms with Crippen molar-refractivity contribution >= 4 is 30.0 Å². The average molecular weight is 341 g/mol. The number of hydrogen-bond acceptors (Lipinski definition) is 3. The van der Waals surface area contributed by atoms with Gasteiger partial charge in [-0.25, -0.2) is 4.79 Å². The number of halogens is 1.